The summed E-state index contributed by atoms with van der Waals surface area (Å²) in [7, 11) is 0. The van der Waals surface area contributed by atoms with Crippen LogP contribution in [0.3, 0.4) is 0 Å². The van der Waals surface area contributed by atoms with Crippen LogP contribution >= 0.6 is 0 Å². The summed E-state index contributed by atoms with van der Waals surface area (Å²) in [5.41, 5.74) is 4.10. The van der Waals surface area contributed by atoms with E-state index in [0.29, 0.717) is 6.54 Å². The maximum Gasteiger partial charge on any atom is 0.318 e. The van der Waals surface area contributed by atoms with Crippen LogP contribution in [0.5, 0.6) is 0 Å². The molecule has 4 saturated carbocycles. The van der Waals surface area contributed by atoms with Gasteiger partial charge in [0.1, 0.15) is 5.82 Å². The van der Waals surface area contributed by atoms with Crippen molar-refractivity contribution in [3.63, 3.8) is 0 Å². The summed E-state index contributed by atoms with van der Waals surface area (Å²) in [5.74, 6) is 2.03. The maximum atomic E-state index is 14.2. The SMILES string of the molecule is O=C(NC12CC3CC(CC(C3)C1)C2)N1Cc2ccccc2-n2cccc2C1c1ccc(F)cc1. The molecule has 5 aliphatic rings. The molecule has 4 aliphatic carbocycles. The van der Waals surface area contributed by atoms with Crippen LogP contribution in [0, 0.1) is 23.6 Å². The minimum atomic E-state index is -0.295. The van der Waals surface area contributed by atoms with E-state index < -0.39 is 0 Å². The zero-order valence-corrected chi connectivity index (χ0v) is 19.3. The van der Waals surface area contributed by atoms with Crippen LogP contribution in [0.4, 0.5) is 9.18 Å². The van der Waals surface area contributed by atoms with Crippen molar-refractivity contribution in [2.24, 2.45) is 17.8 Å². The van der Waals surface area contributed by atoms with Gasteiger partial charge in [0.2, 0.25) is 0 Å². The molecule has 3 aromatic rings. The van der Waals surface area contributed by atoms with Crippen LogP contribution in [-0.4, -0.2) is 21.0 Å². The first-order valence-electron chi connectivity index (χ1n) is 12.7. The highest BCUT2D eigenvalue weighted by Gasteiger charge is 2.52. The van der Waals surface area contributed by atoms with Crippen molar-refractivity contribution >= 4 is 6.03 Å². The van der Waals surface area contributed by atoms with Gasteiger partial charge < -0.3 is 14.8 Å². The molecular weight excluding hydrogens is 425 g/mol. The number of amides is 2. The van der Waals surface area contributed by atoms with Crippen molar-refractivity contribution in [1.82, 2.24) is 14.8 Å². The second kappa shape index (κ2) is 7.46. The van der Waals surface area contributed by atoms with Gasteiger partial charge in [0.15, 0.2) is 0 Å². The van der Waals surface area contributed by atoms with Crippen LogP contribution in [0.2, 0.25) is 0 Å². The number of urea groups is 1. The van der Waals surface area contributed by atoms with Crippen LogP contribution in [0.1, 0.15) is 61.4 Å². The van der Waals surface area contributed by atoms with Gasteiger partial charge in [-0.25, -0.2) is 9.18 Å². The third-order valence-corrected chi connectivity index (χ3v) is 8.82. The largest absolute Gasteiger partial charge is 0.332 e. The summed E-state index contributed by atoms with van der Waals surface area (Å²) in [6.07, 6.45) is 9.45. The van der Waals surface area contributed by atoms with Crippen molar-refractivity contribution in [2.75, 3.05) is 0 Å². The Labute approximate surface area is 199 Å². The molecule has 2 amide bonds. The third kappa shape index (κ3) is 3.20. The lowest BCUT2D eigenvalue weighted by atomic mass is 9.53. The molecule has 1 N–H and O–H groups in total. The van der Waals surface area contributed by atoms with Gasteiger partial charge in [-0.05, 0) is 97.7 Å². The molecule has 4 bridgehead atoms. The lowest BCUT2D eigenvalue weighted by Crippen LogP contribution is -2.62. The molecule has 1 unspecified atom stereocenters. The molecule has 4 fully saturated rings. The average molecular weight is 456 g/mol. The average Bonchev–Trinajstić information content (AvgIpc) is 3.23. The monoisotopic (exact) mass is 455 g/mol. The number of rotatable bonds is 2. The smallest absolute Gasteiger partial charge is 0.318 e. The molecule has 1 aliphatic heterocycles. The second-order valence-electron chi connectivity index (χ2n) is 11.1. The van der Waals surface area contributed by atoms with Crippen LogP contribution in [0.15, 0.2) is 66.9 Å². The van der Waals surface area contributed by atoms with Crippen molar-refractivity contribution in [1.29, 1.82) is 0 Å². The van der Waals surface area contributed by atoms with Crippen LogP contribution < -0.4 is 5.32 Å². The summed E-state index contributed by atoms with van der Waals surface area (Å²) in [6.45, 7) is 0.512. The Morgan fingerprint density at radius 1 is 0.882 bits per heavy atom. The first kappa shape index (κ1) is 20.3. The molecule has 0 spiro atoms. The molecule has 2 heterocycles. The highest BCUT2D eigenvalue weighted by molar-refractivity contribution is 5.77. The summed E-state index contributed by atoms with van der Waals surface area (Å²) in [6, 6.07) is 18.7. The highest BCUT2D eigenvalue weighted by Crippen LogP contribution is 2.55. The topological polar surface area (TPSA) is 37.3 Å². The minimum Gasteiger partial charge on any atom is -0.332 e. The Hall–Kier alpha value is -3.08. The summed E-state index contributed by atoms with van der Waals surface area (Å²) < 4.78 is 16.0. The quantitative estimate of drug-likeness (QED) is 0.491. The van der Waals surface area contributed by atoms with Gasteiger partial charge in [-0.15, -0.1) is 0 Å². The Kier molecular flexibility index (Phi) is 4.46. The molecule has 0 radical (unpaired) electrons. The molecule has 34 heavy (non-hydrogen) atoms. The molecule has 4 nitrogen and oxygen atoms in total. The molecule has 1 atom stereocenters. The van der Waals surface area contributed by atoms with E-state index >= 15 is 0 Å². The van der Waals surface area contributed by atoms with E-state index in [2.05, 4.69) is 34.3 Å². The lowest BCUT2D eigenvalue weighted by molar-refractivity contribution is -0.0163. The molecule has 2 aromatic carbocycles. The maximum absolute atomic E-state index is 14.2. The number of halogens is 1. The van der Waals surface area contributed by atoms with Crippen LogP contribution in [0.25, 0.3) is 5.69 Å². The van der Waals surface area contributed by atoms with Gasteiger partial charge in [0.05, 0.1) is 18.3 Å². The summed E-state index contributed by atoms with van der Waals surface area (Å²) >= 11 is 0. The predicted molar refractivity (Wildman–Crippen MR) is 129 cm³/mol. The Morgan fingerprint density at radius 3 is 2.26 bits per heavy atom. The van der Waals surface area contributed by atoms with E-state index in [0.717, 1.165) is 59.5 Å². The van der Waals surface area contributed by atoms with E-state index in [1.54, 1.807) is 0 Å². The van der Waals surface area contributed by atoms with Gasteiger partial charge in [0.25, 0.3) is 0 Å². The number of fused-ring (bicyclic) bond motifs is 3. The number of hydrogen-bond acceptors (Lipinski definition) is 1. The normalized spacial score (nSPS) is 31.0. The molecule has 174 valence electrons. The number of benzene rings is 2. The molecule has 1 aromatic heterocycles. The number of hydrogen-bond donors (Lipinski definition) is 1. The molecule has 0 saturated heterocycles. The fourth-order valence-electron chi connectivity index (χ4n) is 7.90. The van der Waals surface area contributed by atoms with Gasteiger partial charge in [0, 0.05) is 17.4 Å². The van der Waals surface area contributed by atoms with E-state index in [4.69, 9.17) is 0 Å². The molecular formula is C29H30FN3O. The Balaban J connectivity index is 1.30. The highest BCUT2D eigenvalue weighted by atomic mass is 19.1. The summed E-state index contributed by atoms with van der Waals surface area (Å²) in [4.78, 5) is 16.1. The van der Waals surface area contributed by atoms with E-state index in [1.165, 1.54) is 31.4 Å². The second-order valence-corrected chi connectivity index (χ2v) is 11.1. The number of nitrogens with zero attached hydrogens (tertiary/aromatic N) is 2. The van der Waals surface area contributed by atoms with Gasteiger partial charge >= 0.3 is 6.03 Å². The van der Waals surface area contributed by atoms with Gasteiger partial charge in [-0.2, -0.15) is 0 Å². The zero-order chi connectivity index (χ0) is 22.9. The zero-order valence-electron chi connectivity index (χ0n) is 19.3. The first-order chi connectivity index (χ1) is 16.6. The van der Waals surface area contributed by atoms with Crippen LogP contribution in [-0.2, 0) is 6.54 Å². The fourth-order valence-corrected chi connectivity index (χ4v) is 7.90. The Bertz CT molecular complexity index is 1210. The van der Waals surface area contributed by atoms with Crippen molar-refractivity contribution in [3.05, 3.63) is 89.5 Å². The lowest BCUT2D eigenvalue weighted by Gasteiger charge is -2.57. The Morgan fingerprint density at radius 2 is 1.56 bits per heavy atom. The number of para-hydroxylation sites is 1. The molecule has 5 heteroatoms. The number of nitrogens with one attached hydrogen (secondary N) is 1. The van der Waals surface area contributed by atoms with Crippen molar-refractivity contribution in [2.45, 2.75) is 56.7 Å². The number of carbonyl (C=O) groups is 1. The molecule has 8 rings (SSSR count). The number of carbonyl (C=O) groups excluding carboxylic acids is 1. The van der Waals surface area contributed by atoms with Crippen molar-refractivity contribution < 1.29 is 9.18 Å². The standard InChI is InChI=1S/C29H30FN3O/c30-24-9-7-22(8-10-24)27-26-6-3-11-32(26)25-5-2-1-4-23(25)18-33(27)28(34)31-29-15-19-12-20(16-29)14-21(13-19)17-29/h1-11,19-21,27H,12-18H2,(H,31,34). The van der Waals surface area contributed by atoms with Gasteiger partial charge in [-0.1, -0.05) is 30.3 Å². The van der Waals surface area contributed by atoms with E-state index in [-0.39, 0.29) is 23.4 Å². The summed E-state index contributed by atoms with van der Waals surface area (Å²) in [5, 5.41) is 3.59. The van der Waals surface area contributed by atoms with E-state index in [1.807, 2.05) is 35.2 Å². The minimum absolute atomic E-state index is 0.000674. The van der Waals surface area contributed by atoms with Gasteiger partial charge in [-0.3, -0.25) is 0 Å². The third-order valence-electron chi connectivity index (χ3n) is 8.82. The predicted octanol–water partition coefficient (Wildman–Crippen LogP) is 6.20. The van der Waals surface area contributed by atoms with Crippen molar-refractivity contribution in [3.8, 4) is 5.69 Å². The fraction of sp³-hybridized carbons (Fsp3) is 0.414. The number of aromatic nitrogens is 1. The van der Waals surface area contributed by atoms with E-state index in [9.17, 15) is 9.18 Å². The first-order valence-corrected chi connectivity index (χ1v) is 12.7.